The molecule has 0 saturated heterocycles. The molecule has 0 fully saturated rings. The van der Waals surface area contributed by atoms with E-state index in [9.17, 15) is 13.2 Å². The molecule has 1 heterocycles. The first kappa shape index (κ1) is 24.0. The molecule has 8 nitrogen and oxygen atoms in total. The third-order valence-electron chi connectivity index (χ3n) is 4.85. The molecule has 0 spiro atoms. The first-order valence-electron chi connectivity index (χ1n) is 9.98. The van der Waals surface area contributed by atoms with E-state index in [1.165, 1.54) is 30.6 Å². The van der Waals surface area contributed by atoms with Gasteiger partial charge < -0.3 is 18.8 Å². The Labute approximate surface area is 191 Å². The average molecular weight is 479 g/mol. The number of benzene rings is 2. The summed E-state index contributed by atoms with van der Waals surface area (Å²) < 4.78 is 43.4. The number of ether oxygens (including phenoxy) is 3. The molecular formula is C22H26N2O6S2. The molecule has 0 atom stereocenters. The Morgan fingerprint density at radius 2 is 1.72 bits per heavy atom. The van der Waals surface area contributed by atoms with Crippen LogP contribution in [-0.4, -0.2) is 52.6 Å². The van der Waals surface area contributed by atoms with Crippen molar-refractivity contribution in [2.45, 2.75) is 24.3 Å². The lowest BCUT2D eigenvalue weighted by molar-refractivity contribution is -0.118. The average Bonchev–Trinajstić information content (AvgIpc) is 3.13. The molecule has 0 saturated carbocycles. The molecule has 0 unspecified atom stereocenters. The number of nitrogens with zero attached hydrogens (tertiary/aromatic N) is 2. The van der Waals surface area contributed by atoms with Gasteiger partial charge in [0.05, 0.1) is 41.7 Å². The zero-order chi connectivity index (χ0) is 23.1. The van der Waals surface area contributed by atoms with E-state index in [-0.39, 0.29) is 29.4 Å². The van der Waals surface area contributed by atoms with Gasteiger partial charge in [-0.2, -0.15) is 4.99 Å². The fourth-order valence-corrected chi connectivity index (χ4v) is 5.55. The first-order chi connectivity index (χ1) is 15.4. The van der Waals surface area contributed by atoms with E-state index in [0.29, 0.717) is 23.7 Å². The summed E-state index contributed by atoms with van der Waals surface area (Å²) in [4.78, 5) is 17.5. The third kappa shape index (κ3) is 5.76. The summed E-state index contributed by atoms with van der Waals surface area (Å²) >= 11 is 1.38. The fourth-order valence-electron chi connectivity index (χ4n) is 3.14. The maximum Gasteiger partial charge on any atom is 0.248 e. The molecule has 0 aliphatic carbocycles. The van der Waals surface area contributed by atoms with Crippen molar-refractivity contribution in [2.75, 3.05) is 33.7 Å². The number of aromatic nitrogens is 1. The highest BCUT2D eigenvalue weighted by Crippen LogP contribution is 2.23. The van der Waals surface area contributed by atoms with Crippen molar-refractivity contribution < 1.29 is 27.4 Å². The third-order valence-corrected chi connectivity index (χ3v) is 7.71. The van der Waals surface area contributed by atoms with E-state index in [1.54, 1.807) is 26.4 Å². The monoisotopic (exact) mass is 478 g/mol. The molecule has 32 heavy (non-hydrogen) atoms. The largest absolute Gasteiger partial charge is 0.497 e. The number of sulfone groups is 1. The number of hydrogen-bond acceptors (Lipinski definition) is 7. The van der Waals surface area contributed by atoms with Gasteiger partial charge in [0, 0.05) is 20.1 Å². The molecule has 1 aromatic heterocycles. The Hall–Kier alpha value is -2.69. The minimum absolute atomic E-state index is 0.0389. The molecule has 2 aromatic carbocycles. The van der Waals surface area contributed by atoms with Crippen LogP contribution in [0.3, 0.4) is 0 Å². The second-order valence-corrected chi connectivity index (χ2v) is 10.1. The molecule has 0 bridgehead atoms. The normalized spacial score (nSPS) is 12.3. The van der Waals surface area contributed by atoms with Gasteiger partial charge in [0.25, 0.3) is 0 Å². The number of rotatable bonds is 10. The van der Waals surface area contributed by atoms with Crippen LogP contribution in [0, 0.1) is 0 Å². The molecule has 172 valence electrons. The summed E-state index contributed by atoms with van der Waals surface area (Å²) in [5.74, 6) is 0.813. The van der Waals surface area contributed by atoms with Gasteiger partial charge in [-0.3, -0.25) is 4.79 Å². The molecule has 3 rings (SSSR count). The van der Waals surface area contributed by atoms with Crippen molar-refractivity contribution in [1.29, 1.82) is 0 Å². The van der Waals surface area contributed by atoms with Gasteiger partial charge in [0.1, 0.15) is 11.5 Å². The summed E-state index contributed by atoms with van der Waals surface area (Å²) in [6.07, 6.45) is 0.227. The second kappa shape index (κ2) is 10.8. The van der Waals surface area contributed by atoms with Gasteiger partial charge in [-0.05, 0) is 48.9 Å². The number of carbonyl (C=O) groups excluding carboxylic acids is 1. The number of carbonyl (C=O) groups is 1. The molecule has 10 heteroatoms. The van der Waals surface area contributed by atoms with Gasteiger partial charge in [0.2, 0.25) is 5.91 Å². The van der Waals surface area contributed by atoms with Crippen molar-refractivity contribution >= 4 is 37.3 Å². The fraction of sp³-hybridized carbons (Fsp3) is 0.364. The highest BCUT2D eigenvalue weighted by molar-refractivity contribution is 7.91. The number of methoxy groups -OCH3 is 3. The second-order valence-electron chi connectivity index (χ2n) is 6.97. The quantitative estimate of drug-likeness (QED) is 0.444. The number of thiazole rings is 1. The molecule has 0 N–H and O–H groups in total. The summed E-state index contributed by atoms with van der Waals surface area (Å²) in [5, 5.41) is 0. The van der Waals surface area contributed by atoms with Crippen LogP contribution in [-0.2, 0) is 25.9 Å². The van der Waals surface area contributed by atoms with Gasteiger partial charge in [-0.15, -0.1) is 0 Å². The lowest BCUT2D eigenvalue weighted by Gasteiger charge is -2.06. The number of fused-ring (bicyclic) bond motifs is 1. The summed E-state index contributed by atoms with van der Waals surface area (Å²) in [5.41, 5.74) is 0.932. The van der Waals surface area contributed by atoms with Crippen LogP contribution < -0.4 is 14.3 Å². The minimum Gasteiger partial charge on any atom is -0.497 e. The molecule has 0 radical (unpaired) electrons. The smallest absolute Gasteiger partial charge is 0.248 e. The van der Waals surface area contributed by atoms with Crippen molar-refractivity contribution in [2.24, 2.45) is 4.99 Å². The molecule has 1 amide bonds. The van der Waals surface area contributed by atoms with Gasteiger partial charge in [0.15, 0.2) is 14.6 Å². The Bertz CT molecular complexity index is 1240. The van der Waals surface area contributed by atoms with E-state index in [4.69, 9.17) is 14.2 Å². The van der Waals surface area contributed by atoms with Crippen LogP contribution >= 0.6 is 11.3 Å². The van der Waals surface area contributed by atoms with Gasteiger partial charge in [-0.1, -0.05) is 11.3 Å². The Morgan fingerprint density at radius 1 is 1.03 bits per heavy atom. The maximum absolute atomic E-state index is 12.5. The Kier molecular flexibility index (Phi) is 8.05. The number of amides is 1. The van der Waals surface area contributed by atoms with Crippen molar-refractivity contribution in [3.8, 4) is 11.5 Å². The zero-order valence-corrected chi connectivity index (χ0v) is 19.9. The predicted molar refractivity (Wildman–Crippen MR) is 123 cm³/mol. The lowest BCUT2D eigenvalue weighted by Crippen LogP contribution is -2.19. The molecular weight excluding hydrogens is 452 g/mol. The Balaban J connectivity index is 1.74. The summed E-state index contributed by atoms with van der Waals surface area (Å²) in [6.45, 7) is 1.01. The van der Waals surface area contributed by atoms with Gasteiger partial charge in [-0.25, -0.2) is 8.42 Å². The van der Waals surface area contributed by atoms with Crippen LogP contribution in [0.4, 0.5) is 0 Å². The van der Waals surface area contributed by atoms with E-state index < -0.39 is 9.84 Å². The van der Waals surface area contributed by atoms with E-state index in [1.807, 2.05) is 22.8 Å². The number of hydrogen-bond donors (Lipinski definition) is 0. The van der Waals surface area contributed by atoms with Crippen LogP contribution in [0.15, 0.2) is 52.4 Å². The van der Waals surface area contributed by atoms with Crippen molar-refractivity contribution in [3.05, 3.63) is 47.3 Å². The first-order valence-corrected chi connectivity index (χ1v) is 12.5. The van der Waals surface area contributed by atoms with E-state index >= 15 is 0 Å². The Morgan fingerprint density at radius 3 is 2.38 bits per heavy atom. The van der Waals surface area contributed by atoms with E-state index in [0.717, 1.165) is 16.0 Å². The topological polar surface area (TPSA) is 96.2 Å². The van der Waals surface area contributed by atoms with Crippen molar-refractivity contribution in [3.63, 3.8) is 0 Å². The van der Waals surface area contributed by atoms with E-state index in [2.05, 4.69) is 4.99 Å². The standard InChI is InChI=1S/C22H26N2O6S2/c1-28-13-12-24-19-11-8-17(30-3)15-20(19)31-22(24)23-21(25)5-4-14-32(26,27)18-9-6-16(29-2)7-10-18/h6-11,15H,4-5,12-14H2,1-3H3. The molecule has 0 aliphatic rings. The summed E-state index contributed by atoms with van der Waals surface area (Å²) in [7, 11) is 1.25. The summed E-state index contributed by atoms with van der Waals surface area (Å²) in [6, 6.07) is 11.9. The molecule has 0 aliphatic heterocycles. The van der Waals surface area contributed by atoms with Crippen molar-refractivity contribution in [1.82, 2.24) is 4.57 Å². The lowest BCUT2D eigenvalue weighted by atomic mass is 10.3. The van der Waals surface area contributed by atoms with Gasteiger partial charge >= 0.3 is 0 Å². The van der Waals surface area contributed by atoms with Crippen LogP contribution in [0.2, 0.25) is 0 Å². The highest BCUT2D eigenvalue weighted by Gasteiger charge is 2.15. The predicted octanol–water partition coefficient (Wildman–Crippen LogP) is 3.05. The van der Waals surface area contributed by atoms with Crippen LogP contribution in [0.5, 0.6) is 11.5 Å². The minimum atomic E-state index is -3.48. The zero-order valence-electron chi connectivity index (χ0n) is 18.2. The highest BCUT2D eigenvalue weighted by atomic mass is 32.2. The van der Waals surface area contributed by atoms with Crippen LogP contribution in [0.25, 0.3) is 10.2 Å². The maximum atomic E-state index is 12.5. The van der Waals surface area contributed by atoms with Crippen LogP contribution in [0.1, 0.15) is 12.8 Å². The SMILES string of the molecule is COCCn1c(=NC(=O)CCCS(=O)(=O)c2ccc(OC)cc2)sc2cc(OC)ccc21. The molecule has 3 aromatic rings.